The lowest BCUT2D eigenvalue weighted by Crippen LogP contribution is -1.95. The van der Waals surface area contributed by atoms with Gasteiger partial charge in [-0.15, -0.1) is 22.0 Å². The Morgan fingerprint density at radius 2 is 2.00 bits per heavy atom. The van der Waals surface area contributed by atoms with E-state index in [9.17, 15) is 0 Å². The fourth-order valence-corrected chi connectivity index (χ4v) is 0.870. The summed E-state index contributed by atoms with van der Waals surface area (Å²) in [6.07, 6.45) is 5.51. The van der Waals surface area contributed by atoms with Crippen LogP contribution in [-0.4, -0.2) is 21.0 Å². The zero-order valence-corrected chi connectivity index (χ0v) is 6.30. The summed E-state index contributed by atoms with van der Waals surface area (Å²) < 4.78 is 1.96. The molecule has 0 amide bonds. The van der Waals surface area contributed by atoms with Crippen molar-refractivity contribution >= 4 is 11.8 Å². The lowest BCUT2D eigenvalue weighted by atomic mass is 10.7. The summed E-state index contributed by atoms with van der Waals surface area (Å²) in [7, 11) is 0. The first kappa shape index (κ1) is 6.61. The van der Waals surface area contributed by atoms with Gasteiger partial charge in [-0.1, -0.05) is 0 Å². The van der Waals surface area contributed by atoms with Crippen LogP contribution in [0.5, 0.6) is 0 Å². The van der Waals surface area contributed by atoms with Crippen LogP contribution in [0, 0.1) is 0 Å². The summed E-state index contributed by atoms with van der Waals surface area (Å²) in [6.45, 7) is 2.11. The molecule has 1 unspecified atom stereocenters. The summed E-state index contributed by atoms with van der Waals surface area (Å²) in [6, 6.07) is 0. The minimum atomic E-state index is 0.444. The number of rotatable bonds is 2. The molecule has 0 bridgehead atoms. The second-order valence-corrected chi connectivity index (χ2v) is 2.90. The Hall–Kier alpha value is -0.510. The van der Waals surface area contributed by atoms with E-state index in [0.717, 1.165) is 0 Å². The van der Waals surface area contributed by atoms with Gasteiger partial charge in [-0.2, -0.15) is 0 Å². The third-order valence-electron chi connectivity index (χ3n) is 1.20. The van der Waals surface area contributed by atoms with E-state index in [1.165, 1.54) is 0 Å². The number of aromatic nitrogens is 3. The quantitative estimate of drug-likeness (QED) is 0.622. The van der Waals surface area contributed by atoms with Crippen LogP contribution in [0.15, 0.2) is 12.7 Å². The second kappa shape index (κ2) is 2.87. The minimum absolute atomic E-state index is 0.444. The minimum Gasteiger partial charge on any atom is -0.308 e. The second-order valence-electron chi connectivity index (χ2n) is 1.74. The first-order valence-corrected chi connectivity index (χ1v) is 4.00. The van der Waals surface area contributed by atoms with Crippen LogP contribution in [-0.2, 0) is 0 Å². The van der Waals surface area contributed by atoms with E-state index in [0.29, 0.717) is 5.37 Å². The first-order chi connectivity index (χ1) is 4.34. The largest absolute Gasteiger partial charge is 0.308 e. The molecule has 1 atom stereocenters. The van der Waals surface area contributed by atoms with Gasteiger partial charge in [0.15, 0.2) is 0 Å². The smallest absolute Gasteiger partial charge is 0.120 e. The Morgan fingerprint density at radius 3 is 2.44 bits per heavy atom. The lowest BCUT2D eigenvalue weighted by molar-refractivity contribution is 0.737. The summed E-state index contributed by atoms with van der Waals surface area (Å²) in [4.78, 5) is 0. The number of thioether (sulfide) groups is 1. The van der Waals surface area contributed by atoms with Crippen molar-refractivity contribution < 1.29 is 0 Å². The van der Waals surface area contributed by atoms with Crippen LogP contribution in [0.2, 0.25) is 0 Å². The van der Waals surface area contributed by atoms with Gasteiger partial charge in [0.2, 0.25) is 0 Å². The van der Waals surface area contributed by atoms with Crippen molar-refractivity contribution in [3.8, 4) is 0 Å². The van der Waals surface area contributed by atoms with E-state index in [2.05, 4.69) is 23.4 Å². The summed E-state index contributed by atoms with van der Waals surface area (Å²) in [5.41, 5.74) is 0. The molecule has 0 radical (unpaired) electrons. The van der Waals surface area contributed by atoms with Gasteiger partial charge < -0.3 is 4.57 Å². The molecule has 0 N–H and O–H groups in total. The normalized spacial score (nSPS) is 13.6. The van der Waals surface area contributed by atoms with Crippen molar-refractivity contribution in [2.24, 2.45) is 0 Å². The number of nitrogens with zero attached hydrogens (tertiary/aromatic N) is 3. The highest BCUT2D eigenvalue weighted by molar-refractivity contribution is 7.98. The fraction of sp³-hybridized carbons (Fsp3) is 0.600. The Kier molecular flexibility index (Phi) is 2.10. The van der Waals surface area contributed by atoms with Crippen molar-refractivity contribution in [2.45, 2.75) is 12.3 Å². The van der Waals surface area contributed by atoms with Crippen LogP contribution in [0.25, 0.3) is 0 Å². The van der Waals surface area contributed by atoms with Crippen LogP contribution in [0.4, 0.5) is 0 Å². The molecule has 0 aliphatic rings. The van der Waals surface area contributed by atoms with Gasteiger partial charge >= 0.3 is 0 Å². The number of hydrogen-bond acceptors (Lipinski definition) is 3. The fourth-order valence-electron chi connectivity index (χ4n) is 0.518. The van der Waals surface area contributed by atoms with Gasteiger partial charge in [-0.25, -0.2) is 0 Å². The average Bonchev–Trinajstić information content (AvgIpc) is 2.37. The molecule has 4 heteroatoms. The third-order valence-corrected chi connectivity index (χ3v) is 2.12. The molecule has 0 aromatic carbocycles. The van der Waals surface area contributed by atoms with Crippen LogP contribution < -0.4 is 0 Å². The van der Waals surface area contributed by atoms with Gasteiger partial charge in [0.05, 0.1) is 5.37 Å². The van der Waals surface area contributed by atoms with E-state index in [-0.39, 0.29) is 0 Å². The Morgan fingerprint density at radius 1 is 1.44 bits per heavy atom. The summed E-state index contributed by atoms with van der Waals surface area (Å²) in [5.74, 6) is 0. The summed E-state index contributed by atoms with van der Waals surface area (Å²) >= 11 is 1.77. The molecular weight excluding hydrogens is 134 g/mol. The first-order valence-electron chi connectivity index (χ1n) is 2.71. The highest BCUT2D eigenvalue weighted by Gasteiger charge is 1.98. The molecule has 0 saturated heterocycles. The molecule has 3 nitrogen and oxygen atoms in total. The van der Waals surface area contributed by atoms with Crippen LogP contribution in [0.1, 0.15) is 12.3 Å². The maximum atomic E-state index is 3.69. The molecule has 1 aromatic rings. The Bertz CT molecular complexity index is 161. The van der Waals surface area contributed by atoms with E-state index in [4.69, 9.17) is 0 Å². The topological polar surface area (TPSA) is 30.7 Å². The molecule has 0 aliphatic heterocycles. The van der Waals surface area contributed by atoms with Gasteiger partial charge in [-0.05, 0) is 13.2 Å². The van der Waals surface area contributed by atoms with Gasteiger partial charge in [-0.3, -0.25) is 0 Å². The Labute approximate surface area is 58.5 Å². The zero-order chi connectivity index (χ0) is 6.69. The van der Waals surface area contributed by atoms with Gasteiger partial charge in [0.1, 0.15) is 12.7 Å². The third kappa shape index (κ3) is 1.45. The van der Waals surface area contributed by atoms with Crippen molar-refractivity contribution in [3.63, 3.8) is 0 Å². The van der Waals surface area contributed by atoms with E-state index in [1.54, 1.807) is 24.4 Å². The maximum Gasteiger partial charge on any atom is 0.120 e. The number of hydrogen-bond donors (Lipinski definition) is 0. The van der Waals surface area contributed by atoms with E-state index < -0.39 is 0 Å². The molecule has 50 valence electrons. The van der Waals surface area contributed by atoms with Gasteiger partial charge in [0.25, 0.3) is 0 Å². The predicted molar refractivity (Wildman–Crippen MR) is 38.2 cm³/mol. The van der Waals surface area contributed by atoms with Crippen molar-refractivity contribution in [3.05, 3.63) is 12.7 Å². The molecule has 0 spiro atoms. The standard InChI is InChI=1S/C5H9N3S/c1-5(9-2)8-3-6-7-4-8/h3-5H,1-2H3. The molecule has 0 aliphatic carbocycles. The highest BCUT2D eigenvalue weighted by atomic mass is 32.2. The van der Waals surface area contributed by atoms with Gasteiger partial charge in [0, 0.05) is 0 Å². The lowest BCUT2D eigenvalue weighted by Gasteiger charge is -2.06. The maximum absolute atomic E-state index is 3.69. The molecule has 1 aromatic heterocycles. The Balaban J connectivity index is 2.65. The monoisotopic (exact) mass is 143 g/mol. The van der Waals surface area contributed by atoms with E-state index >= 15 is 0 Å². The molecule has 9 heavy (non-hydrogen) atoms. The van der Waals surface area contributed by atoms with Crippen molar-refractivity contribution in [1.82, 2.24) is 14.8 Å². The predicted octanol–water partition coefficient (Wildman–Crippen LogP) is 1.16. The molecule has 0 saturated carbocycles. The highest BCUT2D eigenvalue weighted by Crippen LogP contribution is 2.16. The average molecular weight is 143 g/mol. The van der Waals surface area contributed by atoms with Crippen LogP contribution in [0.3, 0.4) is 0 Å². The van der Waals surface area contributed by atoms with Crippen LogP contribution >= 0.6 is 11.8 Å². The van der Waals surface area contributed by atoms with E-state index in [1.807, 2.05) is 4.57 Å². The molecular formula is C5H9N3S. The van der Waals surface area contributed by atoms with Crippen molar-refractivity contribution in [2.75, 3.05) is 6.26 Å². The zero-order valence-electron chi connectivity index (χ0n) is 5.48. The molecule has 1 rings (SSSR count). The molecule has 0 fully saturated rings. The summed E-state index contributed by atoms with van der Waals surface area (Å²) in [5, 5.41) is 7.83. The SMILES string of the molecule is CSC(C)n1cnnc1. The van der Waals surface area contributed by atoms with Crippen molar-refractivity contribution in [1.29, 1.82) is 0 Å². The molecule has 1 heterocycles.